The fraction of sp³-hybridized carbons (Fsp3) is 0.250. The van der Waals surface area contributed by atoms with Gasteiger partial charge >= 0.3 is 0 Å². The molecule has 0 fully saturated rings. The van der Waals surface area contributed by atoms with Crippen molar-refractivity contribution in [1.82, 2.24) is 4.98 Å². The minimum absolute atomic E-state index is 0.583. The molecule has 0 radical (unpaired) electrons. The van der Waals surface area contributed by atoms with Gasteiger partial charge in [0.05, 0.1) is 5.69 Å². The highest BCUT2D eigenvalue weighted by molar-refractivity contribution is 7.73. The molecule has 2 rings (SSSR count). The van der Waals surface area contributed by atoms with Crippen LogP contribution < -0.4 is 0 Å². The number of aromatic amines is 1. The van der Waals surface area contributed by atoms with Gasteiger partial charge in [0, 0.05) is 5.38 Å². The summed E-state index contributed by atoms with van der Waals surface area (Å²) >= 11 is 6.63. The van der Waals surface area contributed by atoms with E-state index in [0.717, 1.165) is 9.65 Å². The van der Waals surface area contributed by atoms with E-state index in [1.54, 1.807) is 11.3 Å². The maximum absolute atomic E-state index is 5.06. The molecule has 0 atom stereocenters. The van der Waals surface area contributed by atoms with E-state index in [1.165, 1.54) is 11.1 Å². The zero-order chi connectivity index (χ0) is 10.8. The van der Waals surface area contributed by atoms with Gasteiger partial charge in [-0.1, -0.05) is 38.1 Å². The van der Waals surface area contributed by atoms with Crippen LogP contribution in [0.1, 0.15) is 25.3 Å². The van der Waals surface area contributed by atoms with Crippen molar-refractivity contribution in [2.45, 2.75) is 19.8 Å². The largest absolute Gasteiger partial charge is 0.337 e. The second-order valence-electron chi connectivity index (χ2n) is 3.84. The van der Waals surface area contributed by atoms with Gasteiger partial charge < -0.3 is 4.98 Å². The van der Waals surface area contributed by atoms with Crippen molar-refractivity contribution < 1.29 is 0 Å². The Labute approximate surface area is 98.8 Å². The maximum Gasteiger partial charge on any atom is 0.158 e. The first-order valence-electron chi connectivity index (χ1n) is 4.95. The van der Waals surface area contributed by atoms with Crippen molar-refractivity contribution in [1.29, 1.82) is 0 Å². The van der Waals surface area contributed by atoms with Gasteiger partial charge in [-0.3, -0.25) is 0 Å². The van der Waals surface area contributed by atoms with E-state index in [0.29, 0.717) is 5.92 Å². The fourth-order valence-corrected chi connectivity index (χ4v) is 2.31. The lowest BCUT2D eigenvalue weighted by molar-refractivity contribution is 0.867. The number of benzene rings is 1. The minimum Gasteiger partial charge on any atom is -0.337 e. The summed E-state index contributed by atoms with van der Waals surface area (Å²) in [7, 11) is 0. The summed E-state index contributed by atoms with van der Waals surface area (Å²) in [5.74, 6) is 0.583. The SMILES string of the molecule is CC(C)c1ccc(-c2csc(=S)[nH]2)cc1. The average Bonchev–Trinajstić information content (AvgIpc) is 2.65. The van der Waals surface area contributed by atoms with Crippen molar-refractivity contribution in [2.75, 3.05) is 0 Å². The third kappa shape index (κ3) is 2.36. The molecule has 1 nitrogen and oxygen atoms in total. The average molecular weight is 235 g/mol. The van der Waals surface area contributed by atoms with Crippen LogP contribution in [0.2, 0.25) is 0 Å². The molecule has 0 saturated heterocycles. The van der Waals surface area contributed by atoms with Gasteiger partial charge in [-0.15, -0.1) is 11.3 Å². The van der Waals surface area contributed by atoms with Gasteiger partial charge in [-0.2, -0.15) is 0 Å². The molecule has 78 valence electrons. The Morgan fingerprint density at radius 2 is 1.87 bits per heavy atom. The van der Waals surface area contributed by atoms with Crippen LogP contribution in [0.4, 0.5) is 0 Å². The molecule has 0 aliphatic carbocycles. The summed E-state index contributed by atoms with van der Waals surface area (Å²) in [6.07, 6.45) is 0. The van der Waals surface area contributed by atoms with E-state index in [-0.39, 0.29) is 0 Å². The number of aromatic nitrogens is 1. The second kappa shape index (κ2) is 4.29. The number of H-pyrrole nitrogens is 1. The topological polar surface area (TPSA) is 15.8 Å². The minimum atomic E-state index is 0.583. The zero-order valence-electron chi connectivity index (χ0n) is 8.78. The maximum atomic E-state index is 5.06. The zero-order valence-corrected chi connectivity index (χ0v) is 10.4. The standard InChI is InChI=1S/C12H13NS2/c1-8(2)9-3-5-10(6-4-9)11-7-15-12(14)13-11/h3-8H,1-2H3,(H,13,14). The molecule has 15 heavy (non-hydrogen) atoms. The van der Waals surface area contributed by atoms with Gasteiger partial charge in [0.2, 0.25) is 0 Å². The van der Waals surface area contributed by atoms with Gasteiger partial charge in [0.1, 0.15) is 0 Å². The Bertz CT molecular complexity index is 491. The van der Waals surface area contributed by atoms with Gasteiger partial charge in [-0.05, 0) is 29.3 Å². The lowest BCUT2D eigenvalue weighted by Gasteiger charge is -2.05. The van der Waals surface area contributed by atoms with E-state index in [9.17, 15) is 0 Å². The molecule has 0 unspecified atom stereocenters. The summed E-state index contributed by atoms with van der Waals surface area (Å²) in [6.45, 7) is 4.40. The molecule has 3 heteroatoms. The smallest absolute Gasteiger partial charge is 0.158 e. The van der Waals surface area contributed by atoms with Crippen molar-refractivity contribution in [3.63, 3.8) is 0 Å². The second-order valence-corrected chi connectivity index (χ2v) is 5.38. The lowest BCUT2D eigenvalue weighted by Crippen LogP contribution is -1.86. The van der Waals surface area contributed by atoms with Gasteiger partial charge in [0.25, 0.3) is 0 Å². The number of thiazole rings is 1. The molecule has 1 heterocycles. The Balaban J connectivity index is 2.35. The normalized spacial score (nSPS) is 10.9. The molecule has 0 saturated carbocycles. The summed E-state index contributed by atoms with van der Waals surface area (Å²) in [6, 6.07) is 8.63. The highest BCUT2D eigenvalue weighted by atomic mass is 32.1. The third-order valence-electron chi connectivity index (χ3n) is 2.41. The van der Waals surface area contributed by atoms with Crippen LogP contribution in [0, 0.1) is 3.95 Å². The Morgan fingerprint density at radius 1 is 1.20 bits per heavy atom. The van der Waals surface area contributed by atoms with Gasteiger partial charge in [-0.25, -0.2) is 0 Å². The first-order valence-corrected chi connectivity index (χ1v) is 6.24. The van der Waals surface area contributed by atoms with E-state index >= 15 is 0 Å². The first-order chi connectivity index (χ1) is 7.16. The van der Waals surface area contributed by atoms with Gasteiger partial charge in [0.15, 0.2) is 3.95 Å². The summed E-state index contributed by atoms with van der Waals surface area (Å²) in [4.78, 5) is 3.17. The van der Waals surface area contributed by atoms with Crippen LogP contribution in [0.25, 0.3) is 11.3 Å². The highest BCUT2D eigenvalue weighted by Crippen LogP contribution is 2.22. The molecule has 1 aromatic heterocycles. The summed E-state index contributed by atoms with van der Waals surface area (Å²) < 4.78 is 0.831. The summed E-state index contributed by atoms with van der Waals surface area (Å²) in [5, 5.41) is 2.06. The molecule has 0 aliphatic rings. The molecule has 0 aliphatic heterocycles. The Hall–Kier alpha value is -0.930. The van der Waals surface area contributed by atoms with Crippen LogP contribution in [0.15, 0.2) is 29.6 Å². The molecule has 0 spiro atoms. The molecular formula is C12H13NS2. The molecular weight excluding hydrogens is 222 g/mol. The fourth-order valence-electron chi connectivity index (χ4n) is 1.47. The van der Waals surface area contributed by atoms with E-state index < -0.39 is 0 Å². The Morgan fingerprint density at radius 3 is 2.33 bits per heavy atom. The molecule has 2 aromatic rings. The predicted molar refractivity (Wildman–Crippen MR) is 69.0 cm³/mol. The van der Waals surface area contributed by atoms with E-state index in [1.807, 2.05) is 0 Å². The molecule has 0 bridgehead atoms. The number of rotatable bonds is 2. The molecule has 0 amide bonds. The van der Waals surface area contributed by atoms with Crippen molar-refractivity contribution in [3.8, 4) is 11.3 Å². The number of hydrogen-bond donors (Lipinski definition) is 1. The Kier molecular flexibility index (Phi) is 3.03. The van der Waals surface area contributed by atoms with Crippen LogP contribution >= 0.6 is 23.6 Å². The van der Waals surface area contributed by atoms with Crippen LogP contribution in [-0.2, 0) is 0 Å². The number of nitrogens with one attached hydrogen (secondary N) is 1. The highest BCUT2D eigenvalue weighted by Gasteiger charge is 2.01. The lowest BCUT2D eigenvalue weighted by atomic mass is 10.0. The van der Waals surface area contributed by atoms with E-state index in [4.69, 9.17) is 12.2 Å². The van der Waals surface area contributed by atoms with Crippen LogP contribution in [0.3, 0.4) is 0 Å². The third-order valence-corrected chi connectivity index (χ3v) is 3.47. The predicted octanol–water partition coefficient (Wildman–Crippen LogP) is 4.60. The molecule has 1 N–H and O–H groups in total. The van der Waals surface area contributed by atoms with E-state index in [2.05, 4.69) is 48.5 Å². The van der Waals surface area contributed by atoms with Crippen molar-refractivity contribution in [3.05, 3.63) is 39.2 Å². The van der Waals surface area contributed by atoms with Crippen molar-refractivity contribution in [2.24, 2.45) is 0 Å². The number of hydrogen-bond acceptors (Lipinski definition) is 2. The van der Waals surface area contributed by atoms with Crippen molar-refractivity contribution >= 4 is 23.6 Å². The summed E-state index contributed by atoms with van der Waals surface area (Å²) in [5.41, 5.74) is 3.68. The van der Waals surface area contributed by atoms with Crippen LogP contribution in [0.5, 0.6) is 0 Å². The van der Waals surface area contributed by atoms with Crippen LogP contribution in [-0.4, -0.2) is 4.98 Å². The quantitative estimate of drug-likeness (QED) is 0.752. The molecule has 1 aromatic carbocycles. The monoisotopic (exact) mass is 235 g/mol. The first kappa shape index (κ1) is 10.6.